The van der Waals surface area contributed by atoms with Crippen LogP contribution >= 0.6 is 0 Å². The highest BCUT2D eigenvalue weighted by Crippen LogP contribution is 2.36. The summed E-state index contributed by atoms with van der Waals surface area (Å²) in [5.74, 6) is 1.01. The van der Waals surface area contributed by atoms with Gasteiger partial charge in [-0.3, -0.25) is 0 Å². The summed E-state index contributed by atoms with van der Waals surface area (Å²) >= 11 is 0. The zero-order valence-corrected chi connectivity index (χ0v) is 8.11. The van der Waals surface area contributed by atoms with Crippen LogP contribution in [0.15, 0.2) is 29.8 Å². The first-order valence-electron chi connectivity index (χ1n) is 4.99. The molecule has 0 heterocycles. The Morgan fingerprint density at radius 3 is 2.86 bits per heavy atom. The van der Waals surface area contributed by atoms with Gasteiger partial charge in [0.15, 0.2) is 0 Å². The topological polar surface area (TPSA) is 46.2 Å². The molecule has 0 spiro atoms. The van der Waals surface area contributed by atoms with Gasteiger partial charge < -0.3 is 10.8 Å². The van der Waals surface area contributed by atoms with Crippen LogP contribution in [0.3, 0.4) is 0 Å². The second kappa shape index (κ2) is 3.84. The third-order valence-electron chi connectivity index (χ3n) is 2.56. The van der Waals surface area contributed by atoms with E-state index in [1.165, 1.54) is 18.4 Å². The van der Waals surface area contributed by atoms with Crippen LogP contribution in [-0.4, -0.2) is 11.7 Å². The average molecular weight is 189 g/mol. The highest BCUT2D eigenvalue weighted by Gasteiger charge is 2.24. The standard InChI is InChI=1S/C12H15NO/c13-8-11(10-4-5-10)6-9-2-1-3-12(14)7-9/h1-3,6-7,10,14H,4-5,8,13H2/b11-6+. The molecule has 3 N–H and O–H groups in total. The Morgan fingerprint density at radius 1 is 1.50 bits per heavy atom. The van der Waals surface area contributed by atoms with Gasteiger partial charge in [-0.25, -0.2) is 0 Å². The van der Waals surface area contributed by atoms with Gasteiger partial charge in [-0.1, -0.05) is 23.8 Å². The third kappa shape index (κ3) is 2.15. The van der Waals surface area contributed by atoms with Crippen LogP contribution in [0.25, 0.3) is 6.08 Å². The molecule has 2 rings (SSSR count). The number of phenols is 1. The molecule has 0 amide bonds. The monoisotopic (exact) mass is 189 g/mol. The summed E-state index contributed by atoms with van der Waals surface area (Å²) < 4.78 is 0. The second-order valence-electron chi connectivity index (χ2n) is 3.79. The Morgan fingerprint density at radius 2 is 2.29 bits per heavy atom. The van der Waals surface area contributed by atoms with Crippen LogP contribution in [-0.2, 0) is 0 Å². The summed E-state index contributed by atoms with van der Waals surface area (Å²) in [6, 6.07) is 7.27. The highest BCUT2D eigenvalue weighted by atomic mass is 16.3. The first-order chi connectivity index (χ1) is 6.79. The quantitative estimate of drug-likeness (QED) is 0.765. The molecule has 2 heteroatoms. The van der Waals surface area contributed by atoms with E-state index < -0.39 is 0 Å². The lowest BCUT2D eigenvalue weighted by Crippen LogP contribution is -2.04. The highest BCUT2D eigenvalue weighted by molar-refractivity contribution is 5.56. The zero-order chi connectivity index (χ0) is 9.97. The van der Waals surface area contributed by atoms with Gasteiger partial charge in [-0.2, -0.15) is 0 Å². The maximum absolute atomic E-state index is 9.29. The lowest BCUT2D eigenvalue weighted by atomic mass is 10.1. The van der Waals surface area contributed by atoms with Crippen molar-refractivity contribution in [3.05, 3.63) is 35.4 Å². The van der Waals surface area contributed by atoms with Gasteiger partial charge in [-0.05, 0) is 36.5 Å². The molecule has 0 aromatic heterocycles. The molecule has 1 aliphatic rings. The molecular weight excluding hydrogens is 174 g/mol. The smallest absolute Gasteiger partial charge is 0.116 e. The number of benzene rings is 1. The summed E-state index contributed by atoms with van der Waals surface area (Å²) in [6.07, 6.45) is 4.63. The van der Waals surface area contributed by atoms with Crippen molar-refractivity contribution in [3.8, 4) is 5.75 Å². The molecule has 0 saturated heterocycles. The molecule has 2 nitrogen and oxygen atoms in total. The minimum Gasteiger partial charge on any atom is -0.508 e. The largest absolute Gasteiger partial charge is 0.508 e. The van der Waals surface area contributed by atoms with E-state index in [1.54, 1.807) is 12.1 Å². The summed E-state index contributed by atoms with van der Waals surface area (Å²) in [6.45, 7) is 0.625. The maximum atomic E-state index is 9.29. The number of aromatic hydroxyl groups is 1. The molecule has 0 unspecified atom stereocenters. The number of phenolic OH excluding ortho intramolecular Hbond substituents is 1. The average Bonchev–Trinajstić information content (AvgIpc) is 2.97. The maximum Gasteiger partial charge on any atom is 0.116 e. The van der Waals surface area contributed by atoms with E-state index in [9.17, 15) is 5.11 Å². The Kier molecular flexibility index (Phi) is 2.55. The van der Waals surface area contributed by atoms with Gasteiger partial charge in [0.25, 0.3) is 0 Å². The molecule has 14 heavy (non-hydrogen) atoms. The number of hydrogen-bond acceptors (Lipinski definition) is 2. The number of rotatable bonds is 3. The van der Waals surface area contributed by atoms with Crippen molar-refractivity contribution in [1.29, 1.82) is 0 Å². The Balaban J connectivity index is 2.21. The SMILES string of the molecule is NC/C(=C\c1cccc(O)c1)C1CC1. The number of hydrogen-bond donors (Lipinski definition) is 2. The van der Waals surface area contributed by atoms with E-state index >= 15 is 0 Å². The first kappa shape index (κ1) is 9.28. The fourth-order valence-electron chi connectivity index (χ4n) is 1.63. The number of nitrogens with two attached hydrogens (primary N) is 1. The summed E-state index contributed by atoms with van der Waals surface area (Å²) in [5.41, 5.74) is 8.01. The first-order valence-corrected chi connectivity index (χ1v) is 4.99. The predicted octanol–water partition coefficient (Wildman–Crippen LogP) is 2.14. The summed E-state index contributed by atoms with van der Waals surface area (Å²) in [7, 11) is 0. The van der Waals surface area contributed by atoms with Crippen LogP contribution in [0.1, 0.15) is 18.4 Å². The summed E-state index contributed by atoms with van der Waals surface area (Å²) in [5, 5.41) is 9.29. The van der Waals surface area contributed by atoms with E-state index in [0.717, 1.165) is 5.56 Å². The van der Waals surface area contributed by atoms with Gasteiger partial charge in [0, 0.05) is 6.54 Å². The molecule has 0 bridgehead atoms. The van der Waals surface area contributed by atoms with Crippen LogP contribution in [0.4, 0.5) is 0 Å². The van der Waals surface area contributed by atoms with E-state index in [-0.39, 0.29) is 0 Å². The molecule has 1 saturated carbocycles. The molecule has 0 radical (unpaired) electrons. The molecule has 0 atom stereocenters. The van der Waals surface area contributed by atoms with Crippen molar-refractivity contribution < 1.29 is 5.11 Å². The lowest BCUT2D eigenvalue weighted by Gasteiger charge is -2.02. The van der Waals surface area contributed by atoms with Gasteiger partial charge in [0.2, 0.25) is 0 Å². The Labute approximate surface area is 84.1 Å². The van der Waals surface area contributed by atoms with Crippen LogP contribution in [0.5, 0.6) is 5.75 Å². The molecule has 1 aromatic carbocycles. The van der Waals surface area contributed by atoms with E-state index in [2.05, 4.69) is 6.08 Å². The van der Waals surface area contributed by atoms with Gasteiger partial charge in [0.1, 0.15) is 5.75 Å². The Bertz CT molecular complexity index is 353. The minimum absolute atomic E-state index is 0.311. The van der Waals surface area contributed by atoms with Crippen molar-refractivity contribution in [2.45, 2.75) is 12.8 Å². The van der Waals surface area contributed by atoms with Crippen LogP contribution in [0.2, 0.25) is 0 Å². The van der Waals surface area contributed by atoms with E-state index in [0.29, 0.717) is 18.2 Å². The van der Waals surface area contributed by atoms with E-state index in [4.69, 9.17) is 5.73 Å². The summed E-state index contributed by atoms with van der Waals surface area (Å²) in [4.78, 5) is 0. The van der Waals surface area contributed by atoms with Crippen molar-refractivity contribution >= 4 is 6.08 Å². The molecular formula is C12H15NO. The molecule has 1 aliphatic carbocycles. The Hall–Kier alpha value is -1.28. The molecule has 1 fully saturated rings. The molecule has 0 aliphatic heterocycles. The van der Waals surface area contributed by atoms with Crippen LogP contribution in [0, 0.1) is 5.92 Å². The van der Waals surface area contributed by atoms with Crippen molar-refractivity contribution in [3.63, 3.8) is 0 Å². The van der Waals surface area contributed by atoms with E-state index in [1.807, 2.05) is 12.1 Å². The lowest BCUT2D eigenvalue weighted by molar-refractivity contribution is 0.475. The van der Waals surface area contributed by atoms with Crippen molar-refractivity contribution in [2.75, 3.05) is 6.54 Å². The zero-order valence-electron chi connectivity index (χ0n) is 8.11. The van der Waals surface area contributed by atoms with Crippen molar-refractivity contribution in [1.82, 2.24) is 0 Å². The van der Waals surface area contributed by atoms with Gasteiger partial charge in [-0.15, -0.1) is 0 Å². The minimum atomic E-state index is 0.311. The van der Waals surface area contributed by atoms with Crippen LogP contribution < -0.4 is 5.73 Å². The molecule has 1 aromatic rings. The normalized spacial score (nSPS) is 17.1. The van der Waals surface area contributed by atoms with Crippen molar-refractivity contribution in [2.24, 2.45) is 11.7 Å². The fourth-order valence-corrected chi connectivity index (χ4v) is 1.63. The van der Waals surface area contributed by atoms with Gasteiger partial charge >= 0.3 is 0 Å². The molecule has 74 valence electrons. The predicted molar refractivity (Wildman–Crippen MR) is 57.9 cm³/mol. The fraction of sp³-hybridized carbons (Fsp3) is 0.333. The van der Waals surface area contributed by atoms with Gasteiger partial charge in [0.05, 0.1) is 0 Å². The third-order valence-corrected chi connectivity index (χ3v) is 2.56. The second-order valence-corrected chi connectivity index (χ2v) is 3.79.